The van der Waals surface area contributed by atoms with Crippen molar-refractivity contribution in [2.75, 3.05) is 5.73 Å². The third-order valence-corrected chi connectivity index (χ3v) is 3.40. The first kappa shape index (κ1) is 14.6. The van der Waals surface area contributed by atoms with E-state index in [-0.39, 0.29) is 0 Å². The van der Waals surface area contributed by atoms with Crippen molar-refractivity contribution < 1.29 is 0 Å². The Labute approximate surface area is 120 Å². The van der Waals surface area contributed by atoms with Crippen molar-refractivity contribution in [3.8, 4) is 11.4 Å². The van der Waals surface area contributed by atoms with Gasteiger partial charge in [0.1, 0.15) is 17.3 Å². The summed E-state index contributed by atoms with van der Waals surface area (Å²) in [5.41, 5.74) is 8.21. The number of aryl methyl sites for hydroxylation is 1. The lowest BCUT2D eigenvalue weighted by Gasteiger charge is -2.14. The number of aromatic nitrogens is 4. The predicted octanol–water partition coefficient (Wildman–Crippen LogP) is 3.13. The quantitative estimate of drug-likeness (QED) is 0.912. The summed E-state index contributed by atoms with van der Waals surface area (Å²) in [6.07, 6.45) is 3.66. The van der Waals surface area contributed by atoms with Crippen molar-refractivity contribution >= 4 is 5.82 Å². The molecule has 0 aliphatic carbocycles. The van der Waals surface area contributed by atoms with Gasteiger partial charge in [0.15, 0.2) is 0 Å². The van der Waals surface area contributed by atoms with E-state index in [1.54, 1.807) is 0 Å². The molecule has 2 aromatic rings. The standard InChI is InChI=1S/C15H25N5/c1-6-19-9-17-7-12(19)13-14(16)20(8-10(2)3)15(18-13)11(4)5/h7,9-11H,6,8,16H2,1-5H3. The maximum atomic E-state index is 6.36. The molecule has 0 aliphatic heterocycles. The first-order valence-corrected chi connectivity index (χ1v) is 7.32. The highest BCUT2D eigenvalue weighted by Crippen LogP contribution is 2.30. The predicted molar refractivity (Wildman–Crippen MR) is 82.5 cm³/mol. The molecule has 0 bridgehead atoms. The van der Waals surface area contributed by atoms with Crippen molar-refractivity contribution in [3.05, 3.63) is 18.3 Å². The van der Waals surface area contributed by atoms with E-state index < -0.39 is 0 Å². The molecule has 0 radical (unpaired) electrons. The molecular weight excluding hydrogens is 250 g/mol. The summed E-state index contributed by atoms with van der Waals surface area (Å²) in [6.45, 7) is 12.5. The summed E-state index contributed by atoms with van der Waals surface area (Å²) in [5.74, 6) is 2.68. The Morgan fingerprint density at radius 1 is 1.25 bits per heavy atom. The highest BCUT2D eigenvalue weighted by molar-refractivity contribution is 5.68. The molecule has 0 unspecified atom stereocenters. The number of hydrogen-bond donors (Lipinski definition) is 1. The molecule has 0 saturated carbocycles. The summed E-state index contributed by atoms with van der Waals surface area (Å²) >= 11 is 0. The minimum atomic E-state index is 0.350. The topological polar surface area (TPSA) is 61.7 Å². The van der Waals surface area contributed by atoms with Crippen LogP contribution in [0.4, 0.5) is 5.82 Å². The Morgan fingerprint density at radius 2 is 1.95 bits per heavy atom. The van der Waals surface area contributed by atoms with E-state index in [1.807, 2.05) is 12.5 Å². The fraction of sp³-hybridized carbons (Fsp3) is 0.600. The van der Waals surface area contributed by atoms with Crippen LogP contribution in [0.1, 0.15) is 46.4 Å². The lowest BCUT2D eigenvalue weighted by molar-refractivity contribution is 0.502. The summed E-state index contributed by atoms with van der Waals surface area (Å²) in [7, 11) is 0. The molecular formula is C15H25N5. The Kier molecular flexibility index (Phi) is 4.16. The van der Waals surface area contributed by atoms with Gasteiger partial charge in [-0.1, -0.05) is 27.7 Å². The fourth-order valence-corrected chi connectivity index (χ4v) is 2.44. The molecule has 2 rings (SSSR count). The summed E-state index contributed by atoms with van der Waals surface area (Å²) < 4.78 is 4.22. The number of rotatable bonds is 5. The molecule has 110 valence electrons. The monoisotopic (exact) mass is 275 g/mol. The van der Waals surface area contributed by atoms with E-state index in [4.69, 9.17) is 10.7 Å². The molecule has 0 spiro atoms. The zero-order chi connectivity index (χ0) is 14.9. The third-order valence-electron chi connectivity index (χ3n) is 3.40. The lowest BCUT2D eigenvalue weighted by Crippen LogP contribution is -2.12. The molecule has 0 aliphatic rings. The molecule has 2 heterocycles. The summed E-state index contributed by atoms with van der Waals surface area (Å²) in [4.78, 5) is 9.00. The van der Waals surface area contributed by atoms with Crippen molar-refractivity contribution in [1.29, 1.82) is 0 Å². The van der Waals surface area contributed by atoms with Crippen molar-refractivity contribution in [1.82, 2.24) is 19.1 Å². The lowest BCUT2D eigenvalue weighted by atomic mass is 10.2. The fourth-order valence-electron chi connectivity index (χ4n) is 2.44. The molecule has 0 fully saturated rings. The second kappa shape index (κ2) is 5.69. The maximum absolute atomic E-state index is 6.36. The molecule has 0 aromatic carbocycles. The Balaban J connectivity index is 2.55. The molecule has 20 heavy (non-hydrogen) atoms. The number of anilines is 1. The van der Waals surface area contributed by atoms with Crippen LogP contribution in [0.3, 0.4) is 0 Å². The number of nitrogens with two attached hydrogens (primary N) is 1. The van der Waals surface area contributed by atoms with Gasteiger partial charge < -0.3 is 14.9 Å². The SMILES string of the molecule is CCn1cncc1-c1nc(C(C)C)n(CC(C)C)c1N. The van der Waals surface area contributed by atoms with Gasteiger partial charge in [0.05, 0.1) is 18.2 Å². The van der Waals surface area contributed by atoms with E-state index in [1.165, 1.54) is 0 Å². The van der Waals surface area contributed by atoms with E-state index in [2.05, 4.69) is 48.7 Å². The number of nitrogens with zero attached hydrogens (tertiary/aromatic N) is 4. The number of hydrogen-bond acceptors (Lipinski definition) is 3. The van der Waals surface area contributed by atoms with Crippen molar-refractivity contribution in [2.45, 2.75) is 53.6 Å². The van der Waals surface area contributed by atoms with Crippen LogP contribution < -0.4 is 5.73 Å². The Bertz CT molecular complexity index is 577. The number of imidazole rings is 2. The van der Waals surface area contributed by atoms with Crippen molar-refractivity contribution in [2.24, 2.45) is 5.92 Å². The van der Waals surface area contributed by atoms with Gasteiger partial charge in [-0.15, -0.1) is 0 Å². The van der Waals surface area contributed by atoms with Crippen LogP contribution in [0, 0.1) is 5.92 Å². The van der Waals surface area contributed by atoms with Gasteiger partial charge in [-0.25, -0.2) is 9.97 Å². The van der Waals surface area contributed by atoms with Gasteiger partial charge in [0.25, 0.3) is 0 Å². The first-order chi connectivity index (χ1) is 9.45. The average Bonchev–Trinajstić information content (AvgIpc) is 2.94. The van der Waals surface area contributed by atoms with Gasteiger partial charge >= 0.3 is 0 Å². The average molecular weight is 275 g/mol. The van der Waals surface area contributed by atoms with Crippen LogP contribution in [-0.4, -0.2) is 19.1 Å². The highest BCUT2D eigenvalue weighted by Gasteiger charge is 2.20. The van der Waals surface area contributed by atoms with Crippen LogP contribution in [0.25, 0.3) is 11.4 Å². The maximum Gasteiger partial charge on any atom is 0.133 e. The minimum absolute atomic E-state index is 0.350. The summed E-state index contributed by atoms with van der Waals surface area (Å²) in [5, 5.41) is 0. The molecule has 2 aromatic heterocycles. The van der Waals surface area contributed by atoms with E-state index >= 15 is 0 Å². The zero-order valence-corrected chi connectivity index (χ0v) is 13.1. The second-order valence-corrected chi connectivity index (χ2v) is 5.93. The Morgan fingerprint density at radius 3 is 2.50 bits per heavy atom. The minimum Gasteiger partial charge on any atom is -0.383 e. The van der Waals surface area contributed by atoms with Gasteiger partial charge in [0, 0.05) is 19.0 Å². The second-order valence-electron chi connectivity index (χ2n) is 5.93. The van der Waals surface area contributed by atoms with Crippen molar-refractivity contribution in [3.63, 3.8) is 0 Å². The van der Waals surface area contributed by atoms with Crippen LogP contribution in [-0.2, 0) is 13.1 Å². The molecule has 0 amide bonds. The molecule has 0 atom stereocenters. The zero-order valence-electron chi connectivity index (χ0n) is 13.1. The van der Waals surface area contributed by atoms with Crippen LogP contribution in [0.2, 0.25) is 0 Å². The first-order valence-electron chi connectivity index (χ1n) is 7.32. The highest BCUT2D eigenvalue weighted by atomic mass is 15.2. The number of nitrogen functional groups attached to an aromatic ring is 1. The molecule has 5 heteroatoms. The third kappa shape index (κ3) is 2.57. The van der Waals surface area contributed by atoms with Crippen LogP contribution in [0.5, 0.6) is 0 Å². The van der Waals surface area contributed by atoms with E-state index in [9.17, 15) is 0 Å². The molecule has 5 nitrogen and oxygen atoms in total. The van der Waals surface area contributed by atoms with Gasteiger partial charge in [-0.2, -0.15) is 0 Å². The van der Waals surface area contributed by atoms with E-state index in [0.717, 1.165) is 36.1 Å². The largest absolute Gasteiger partial charge is 0.383 e. The van der Waals surface area contributed by atoms with Gasteiger partial charge in [0.2, 0.25) is 0 Å². The van der Waals surface area contributed by atoms with E-state index in [0.29, 0.717) is 11.8 Å². The molecule has 2 N–H and O–H groups in total. The van der Waals surface area contributed by atoms with Crippen LogP contribution in [0.15, 0.2) is 12.5 Å². The van der Waals surface area contributed by atoms with Gasteiger partial charge in [-0.3, -0.25) is 0 Å². The van der Waals surface area contributed by atoms with Gasteiger partial charge in [-0.05, 0) is 12.8 Å². The Hall–Kier alpha value is -1.78. The smallest absolute Gasteiger partial charge is 0.133 e. The normalized spacial score (nSPS) is 11.8. The molecule has 0 saturated heterocycles. The summed E-state index contributed by atoms with van der Waals surface area (Å²) in [6, 6.07) is 0. The van der Waals surface area contributed by atoms with Crippen LogP contribution >= 0.6 is 0 Å².